The lowest BCUT2D eigenvalue weighted by molar-refractivity contribution is 1.07. The summed E-state index contributed by atoms with van der Waals surface area (Å²) in [6.07, 6.45) is 3.58. The van der Waals surface area contributed by atoms with Crippen LogP contribution in [0.3, 0.4) is 0 Å². The van der Waals surface area contributed by atoms with Gasteiger partial charge in [0.1, 0.15) is 5.65 Å². The number of rotatable bonds is 4. The summed E-state index contributed by atoms with van der Waals surface area (Å²) in [6.45, 7) is 2.15. The molecule has 0 saturated carbocycles. The number of pyridine rings is 1. The highest BCUT2D eigenvalue weighted by Gasteiger charge is 2.14. The second-order valence-corrected chi connectivity index (χ2v) is 5.55. The van der Waals surface area contributed by atoms with Gasteiger partial charge in [-0.25, -0.2) is 4.98 Å². The molecule has 21 heavy (non-hydrogen) atoms. The number of aryl methyl sites for hydroxylation is 1. The van der Waals surface area contributed by atoms with Crippen LogP contribution in [0.4, 0.5) is 0 Å². The summed E-state index contributed by atoms with van der Waals surface area (Å²) >= 11 is 5.09. The van der Waals surface area contributed by atoms with Gasteiger partial charge in [0.15, 0.2) is 0 Å². The summed E-state index contributed by atoms with van der Waals surface area (Å²) in [4.78, 5) is 5.22. The fourth-order valence-corrected chi connectivity index (χ4v) is 2.65. The Balaban J connectivity index is 2.17. The predicted octanol–water partition coefficient (Wildman–Crippen LogP) is 3.39. The highest BCUT2D eigenvalue weighted by Crippen LogP contribution is 2.25. The Morgan fingerprint density at radius 2 is 1.95 bits per heavy atom. The van der Waals surface area contributed by atoms with Gasteiger partial charge >= 0.3 is 0 Å². The van der Waals surface area contributed by atoms with Crippen LogP contribution in [-0.2, 0) is 12.8 Å². The van der Waals surface area contributed by atoms with Gasteiger partial charge in [0.25, 0.3) is 0 Å². The van der Waals surface area contributed by atoms with Crippen LogP contribution in [-0.4, -0.2) is 14.4 Å². The number of thiocarbonyl (C=S) groups is 1. The average Bonchev–Trinajstić information content (AvgIpc) is 2.86. The van der Waals surface area contributed by atoms with Crippen molar-refractivity contribution in [3.05, 3.63) is 59.9 Å². The molecule has 3 nitrogen and oxygen atoms in total. The van der Waals surface area contributed by atoms with Gasteiger partial charge in [-0.3, -0.25) is 0 Å². The molecule has 3 aromatic rings. The largest absolute Gasteiger partial charge is 0.393 e. The molecule has 2 aromatic heterocycles. The molecular formula is C17H17N3S. The van der Waals surface area contributed by atoms with Crippen LogP contribution in [0.15, 0.2) is 48.7 Å². The molecule has 0 saturated heterocycles. The third kappa shape index (κ3) is 2.67. The Morgan fingerprint density at radius 1 is 1.19 bits per heavy atom. The molecule has 3 rings (SSSR count). The molecule has 2 N–H and O–H groups in total. The monoisotopic (exact) mass is 295 g/mol. The first kappa shape index (κ1) is 13.8. The average molecular weight is 295 g/mol. The highest BCUT2D eigenvalue weighted by atomic mass is 32.1. The van der Waals surface area contributed by atoms with E-state index in [1.807, 2.05) is 24.4 Å². The van der Waals surface area contributed by atoms with E-state index in [0.717, 1.165) is 29.0 Å². The summed E-state index contributed by atoms with van der Waals surface area (Å²) in [5.74, 6) is 0. The highest BCUT2D eigenvalue weighted by molar-refractivity contribution is 7.80. The van der Waals surface area contributed by atoms with Gasteiger partial charge in [-0.15, -0.1) is 0 Å². The lowest BCUT2D eigenvalue weighted by Gasteiger charge is -2.05. The molecule has 0 unspecified atom stereocenters. The molecule has 0 aliphatic rings. The van der Waals surface area contributed by atoms with Crippen LogP contribution in [0.2, 0.25) is 0 Å². The van der Waals surface area contributed by atoms with E-state index in [0.29, 0.717) is 11.4 Å². The number of hydrogen-bond donors (Lipinski definition) is 1. The molecular weight excluding hydrogens is 278 g/mol. The van der Waals surface area contributed by atoms with Gasteiger partial charge in [0.2, 0.25) is 0 Å². The minimum absolute atomic E-state index is 0.479. The normalized spacial score (nSPS) is 10.9. The lowest BCUT2D eigenvalue weighted by atomic mass is 10.1. The Bertz CT molecular complexity index is 787. The van der Waals surface area contributed by atoms with Crippen molar-refractivity contribution in [3.8, 4) is 11.3 Å². The van der Waals surface area contributed by atoms with Crippen molar-refractivity contribution in [2.75, 3.05) is 0 Å². The van der Waals surface area contributed by atoms with E-state index >= 15 is 0 Å². The molecule has 0 amide bonds. The van der Waals surface area contributed by atoms with Gasteiger partial charge in [0.05, 0.1) is 16.4 Å². The molecule has 0 atom stereocenters. The summed E-state index contributed by atoms with van der Waals surface area (Å²) in [6, 6.07) is 14.5. The van der Waals surface area contributed by atoms with Gasteiger partial charge in [-0.05, 0) is 24.1 Å². The van der Waals surface area contributed by atoms with Crippen molar-refractivity contribution in [3.63, 3.8) is 0 Å². The van der Waals surface area contributed by atoms with E-state index in [1.54, 1.807) is 0 Å². The fourth-order valence-electron chi connectivity index (χ4n) is 2.51. The van der Waals surface area contributed by atoms with Crippen molar-refractivity contribution >= 4 is 22.9 Å². The third-order valence-corrected chi connectivity index (χ3v) is 3.75. The summed E-state index contributed by atoms with van der Waals surface area (Å²) in [5, 5.41) is 0. The van der Waals surface area contributed by atoms with E-state index in [-0.39, 0.29) is 0 Å². The van der Waals surface area contributed by atoms with E-state index in [2.05, 4.69) is 35.6 Å². The Labute approximate surface area is 129 Å². The number of benzene rings is 1. The van der Waals surface area contributed by atoms with Crippen LogP contribution < -0.4 is 5.73 Å². The summed E-state index contributed by atoms with van der Waals surface area (Å²) in [7, 11) is 0. The zero-order valence-corrected chi connectivity index (χ0v) is 12.7. The number of fused-ring (bicyclic) bond motifs is 1. The zero-order valence-electron chi connectivity index (χ0n) is 11.9. The molecule has 2 heterocycles. The van der Waals surface area contributed by atoms with Crippen LogP contribution >= 0.6 is 12.2 Å². The van der Waals surface area contributed by atoms with E-state index < -0.39 is 0 Å². The van der Waals surface area contributed by atoms with Gasteiger partial charge in [0, 0.05) is 18.2 Å². The molecule has 0 bridgehead atoms. The van der Waals surface area contributed by atoms with E-state index in [9.17, 15) is 0 Å². The number of nitrogens with two attached hydrogens (primary N) is 1. The smallest absolute Gasteiger partial charge is 0.137 e. The minimum atomic E-state index is 0.479. The first-order valence-electron chi connectivity index (χ1n) is 7.02. The topological polar surface area (TPSA) is 43.3 Å². The minimum Gasteiger partial charge on any atom is -0.393 e. The second kappa shape index (κ2) is 5.66. The van der Waals surface area contributed by atoms with E-state index in [1.165, 1.54) is 5.56 Å². The molecule has 4 heteroatoms. The number of hydrogen-bond acceptors (Lipinski definition) is 2. The van der Waals surface area contributed by atoms with Crippen LogP contribution in [0.25, 0.3) is 16.9 Å². The van der Waals surface area contributed by atoms with Gasteiger partial charge in [-0.2, -0.15) is 0 Å². The molecule has 0 radical (unpaired) electrons. The third-order valence-electron chi connectivity index (χ3n) is 3.61. The molecule has 106 valence electrons. The van der Waals surface area contributed by atoms with Crippen molar-refractivity contribution in [1.29, 1.82) is 0 Å². The van der Waals surface area contributed by atoms with Crippen LogP contribution in [0, 0.1) is 0 Å². The molecule has 1 aromatic carbocycles. The Morgan fingerprint density at radius 3 is 2.62 bits per heavy atom. The predicted molar refractivity (Wildman–Crippen MR) is 90.5 cm³/mol. The first-order chi connectivity index (χ1) is 10.2. The maximum Gasteiger partial charge on any atom is 0.137 e. The molecule has 0 aliphatic heterocycles. The Hall–Kier alpha value is -2.20. The molecule has 0 fully saturated rings. The number of imidazole rings is 1. The lowest BCUT2D eigenvalue weighted by Crippen LogP contribution is -2.13. The number of aromatic nitrogens is 2. The van der Waals surface area contributed by atoms with Crippen LogP contribution in [0.5, 0.6) is 0 Å². The molecule has 0 spiro atoms. The van der Waals surface area contributed by atoms with Crippen LogP contribution in [0.1, 0.15) is 18.2 Å². The second-order valence-electron chi connectivity index (χ2n) is 5.03. The summed E-state index contributed by atoms with van der Waals surface area (Å²) < 4.78 is 2.06. The maximum atomic E-state index is 5.76. The Kier molecular flexibility index (Phi) is 3.71. The van der Waals surface area contributed by atoms with E-state index in [4.69, 9.17) is 22.9 Å². The SMILES string of the molecule is CCc1ccc(-c2nc3ccccn3c2CC(N)=S)cc1. The maximum absolute atomic E-state index is 5.76. The zero-order chi connectivity index (χ0) is 14.8. The van der Waals surface area contributed by atoms with Crippen molar-refractivity contribution in [2.45, 2.75) is 19.8 Å². The standard InChI is InChI=1S/C17H17N3S/c1-2-12-6-8-13(9-7-12)17-14(11-15(18)21)20-10-4-3-5-16(20)19-17/h3-10H,2,11H2,1H3,(H2,18,21). The number of nitrogens with zero attached hydrogens (tertiary/aromatic N) is 2. The summed E-state index contributed by atoms with van der Waals surface area (Å²) in [5.41, 5.74) is 11.1. The van der Waals surface area contributed by atoms with Gasteiger partial charge < -0.3 is 10.1 Å². The first-order valence-corrected chi connectivity index (χ1v) is 7.43. The van der Waals surface area contributed by atoms with Crippen molar-refractivity contribution in [2.24, 2.45) is 5.73 Å². The quantitative estimate of drug-likeness (QED) is 0.750. The fraction of sp³-hybridized carbons (Fsp3) is 0.176. The van der Waals surface area contributed by atoms with Crippen molar-refractivity contribution < 1.29 is 0 Å². The van der Waals surface area contributed by atoms with Crippen molar-refractivity contribution in [1.82, 2.24) is 9.38 Å². The van der Waals surface area contributed by atoms with Gasteiger partial charge in [-0.1, -0.05) is 49.5 Å². The molecule has 0 aliphatic carbocycles.